The van der Waals surface area contributed by atoms with Crippen LogP contribution in [0.3, 0.4) is 0 Å². The van der Waals surface area contributed by atoms with Crippen molar-refractivity contribution in [3.05, 3.63) is 60.0 Å². The highest BCUT2D eigenvalue weighted by atomic mass is 19.4. The molecule has 1 N–H and O–H groups in total. The van der Waals surface area contributed by atoms with Gasteiger partial charge in [-0.05, 0) is 63.1 Å². The number of allylic oxidation sites excluding steroid dienone is 2. The molecule has 0 radical (unpaired) electrons. The molecule has 1 unspecified atom stereocenters. The van der Waals surface area contributed by atoms with Crippen molar-refractivity contribution in [2.75, 3.05) is 23.9 Å². The van der Waals surface area contributed by atoms with E-state index in [1.807, 2.05) is 55.2 Å². The van der Waals surface area contributed by atoms with Crippen LogP contribution in [0.1, 0.15) is 60.3 Å². The van der Waals surface area contributed by atoms with Crippen molar-refractivity contribution in [3.8, 4) is 0 Å². The van der Waals surface area contributed by atoms with Crippen LogP contribution in [0.2, 0.25) is 0 Å². The summed E-state index contributed by atoms with van der Waals surface area (Å²) in [7, 11) is 1.66. The minimum absolute atomic E-state index is 0.0650. The minimum atomic E-state index is -4.00. The maximum Gasteiger partial charge on any atom is 0.386 e. The molecule has 0 saturated carbocycles. The predicted molar refractivity (Wildman–Crippen MR) is 139 cm³/mol. The number of amidine groups is 1. The summed E-state index contributed by atoms with van der Waals surface area (Å²) < 4.78 is 36.4. The number of anilines is 2. The van der Waals surface area contributed by atoms with E-state index in [0.29, 0.717) is 6.54 Å². The summed E-state index contributed by atoms with van der Waals surface area (Å²) >= 11 is 0. The van der Waals surface area contributed by atoms with E-state index >= 15 is 0 Å². The SMILES string of the molecule is C=C1/C(=C\C(=C/C)OC)CN=C(C)N1c1ccc(NC(=O)C(CC)CCCC)cc1.CC(F)(F)F. The monoisotopic (exact) mass is 493 g/mol. The van der Waals surface area contributed by atoms with Gasteiger partial charge in [-0.1, -0.05) is 33.3 Å². The molecule has 1 atom stereocenters. The number of aliphatic imine (C=N–C) groups is 1. The van der Waals surface area contributed by atoms with Crippen LogP contribution in [0.5, 0.6) is 0 Å². The average Bonchev–Trinajstić information content (AvgIpc) is 2.79. The van der Waals surface area contributed by atoms with Gasteiger partial charge in [-0.25, -0.2) is 0 Å². The maximum atomic E-state index is 12.6. The molecule has 1 heterocycles. The molecule has 1 aromatic carbocycles. The second kappa shape index (κ2) is 14.4. The van der Waals surface area contributed by atoms with Gasteiger partial charge in [-0.3, -0.25) is 14.7 Å². The first-order valence-corrected chi connectivity index (χ1v) is 11.8. The normalized spacial score (nSPS) is 16.3. The van der Waals surface area contributed by atoms with Gasteiger partial charge in [0.05, 0.1) is 13.7 Å². The lowest BCUT2D eigenvalue weighted by Gasteiger charge is -2.31. The summed E-state index contributed by atoms with van der Waals surface area (Å²) in [6.45, 7) is 13.2. The Morgan fingerprint density at radius 3 is 2.37 bits per heavy atom. The Bertz CT molecular complexity index is 926. The Balaban J connectivity index is 0.00000111. The molecule has 8 heteroatoms. The number of carbonyl (C=O) groups is 1. The van der Waals surface area contributed by atoms with Gasteiger partial charge in [0.2, 0.25) is 5.91 Å². The van der Waals surface area contributed by atoms with Gasteiger partial charge in [0.15, 0.2) is 0 Å². The number of ether oxygens (including phenoxy) is 1. The molecule has 5 nitrogen and oxygen atoms in total. The Hall–Kier alpha value is -3.03. The summed E-state index contributed by atoms with van der Waals surface area (Å²) in [5.74, 6) is 1.84. The van der Waals surface area contributed by atoms with Crippen molar-refractivity contribution in [2.45, 2.75) is 66.5 Å². The number of nitrogens with zero attached hydrogens (tertiary/aromatic N) is 2. The Kier molecular flexibility index (Phi) is 12.3. The van der Waals surface area contributed by atoms with Gasteiger partial charge in [0.25, 0.3) is 0 Å². The van der Waals surface area contributed by atoms with E-state index in [0.717, 1.165) is 59.9 Å². The summed E-state index contributed by atoms with van der Waals surface area (Å²) in [6.07, 6.45) is 3.87. The lowest BCUT2D eigenvalue weighted by molar-refractivity contribution is -0.120. The van der Waals surface area contributed by atoms with Crippen LogP contribution in [0.4, 0.5) is 24.5 Å². The zero-order valence-corrected chi connectivity index (χ0v) is 21.6. The largest absolute Gasteiger partial charge is 0.497 e. The maximum absolute atomic E-state index is 12.6. The highest BCUT2D eigenvalue weighted by molar-refractivity contribution is 6.01. The van der Waals surface area contributed by atoms with Gasteiger partial charge >= 0.3 is 6.18 Å². The number of hydrogen-bond acceptors (Lipinski definition) is 4. The third-order valence-electron chi connectivity index (χ3n) is 5.44. The molecule has 0 spiro atoms. The molecule has 0 aromatic heterocycles. The fraction of sp³-hybridized carbons (Fsp3) is 0.481. The molecule has 0 fully saturated rings. The van der Waals surface area contributed by atoms with E-state index in [9.17, 15) is 18.0 Å². The van der Waals surface area contributed by atoms with Crippen LogP contribution < -0.4 is 10.2 Å². The van der Waals surface area contributed by atoms with E-state index in [1.165, 1.54) is 0 Å². The lowest BCUT2D eigenvalue weighted by Crippen LogP contribution is -2.33. The van der Waals surface area contributed by atoms with E-state index < -0.39 is 6.18 Å². The van der Waals surface area contributed by atoms with Crippen molar-refractivity contribution in [1.29, 1.82) is 0 Å². The van der Waals surface area contributed by atoms with Crippen LogP contribution >= 0.6 is 0 Å². The first-order chi connectivity index (χ1) is 16.4. The van der Waals surface area contributed by atoms with Crippen LogP contribution in [-0.2, 0) is 9.53 Å². The van der Waals surface area contributed by atoms with Gasteiger partial charge < -0.3 is 10.1 Å². The zero-order valence-electron chi connectivity index (χ0n) is 21.6. The second-order valence-corrected chi connectivity index (χ2v) is 8.28. The summed E-state index contributed by atoms with van der Waals surface area (Å²) in [6, 6.07) is 7.85. The Morgan fingerprint density at radius 2 is 1.89 bits per heavy atom. The van der Waals surface area contributed by atoms with Gasteiger partial charge in [-0.2, -0.15) is 13.2 Å². The quantitative estimate of drug-likeness (QED) is 0.360. The molecule has 1 amide bonds. The molecule has 0 aliphatic carbocycles. The standard InChI is InChI=1S/C25H35N3O2.C2H3F3/c1-7-10-11-20(8-2)25(29)27-22-12-14-23(15-13-22)28-18(4)21(17-26-19(28)5)16-24(9-3)30-6;1-2(3,4)5/h9,12-16,20H,4,7-8,10-11,17H2,1-3,5-6H3,(H,27,29);1H3/b21-16-,24-9+;. The molecular formula is C27H38F3N3O2. The van der Waals surface area contributed by atoms with Crippen LogP contribution in [0, 0.1) is 5.92 Å². The first-order valence-electron chi connectivity index (χ1n) is 11.8. The molecule has 35 heavy (non-hydrogen) atoms. The highest BCUT2D eigenvalue weighted by Crippen LogP contribution is 2.29. The topological polar surface area (TPSA) is 53.9 Å². The molecule has 0 bridgehead atoms. The lowest BCUT2D eigenvalue weighted by atomic mass is 9.98. The Morgan fingerprint density at radius 1 is 1.29 bits per heavy atom. The van der Waals surface area contributed by atoms with Crippen molar-refractivity contribution < 1.29 is 22.7 Å². The average molecular weight is 494 g/mol. The van der Waals surface area contributed by atoms with Crippen molar-refractivity contribution in [1.82, 2.24) is 0 Å². The predicted octanol–water partition coefficient (Wildman–Crippen LogP) is 7.64. The van der Waals surface area contributed by atoms with Crippen LogP contribution in [0.15, 0.2) is 65.0 Å². The third kappa shape index (κ3) is 10.4. The first kappa shape index (κ1) is 30.0. The summed E-state index contributed by atoms with van der Waals surface area (Å²) in [5.41, 5.74) is 3.65. The fourth-order valence-electron chi connectivity index (χ4n) is 3.51. The van der Waals surface area contributed by atoms with Crippen molar-refractivity contribution >= 4 is 23.1 Å². The second-order valence-electron chi connectivity index (χ2n) is 8.28. The minimum Gasteiger partial charge on any atom is -0.497 e. The molecule has 0 saturated heterocycles. The van der Waals surface area contributed by atoms with Gasteiger partial charge in [0.1, 0.15) is 11.6 Å². The Labute approximate surface area is 207 Å². The molecular weight excluding hydrogens is 455 g/mol. The molecule has 194 valence electrons. The van der Waals surface area contributed by atoms with Gasteiger partial charge in [0, 0.05) is 35.5 Å². The molecule has 2 rings (SSSR count). The van der Waals surface area contributed by atoms with Crippen molar-refractivity contribution in [3.63, 3.8) is 0 Å². The number of hydrogen-bond donors (Lipinski definition) is 1. The fourth-order valence-corrected chi connectivity index (χ4v) is 3.51. The third-order valence-corrected chi connectivity index (χ3v) is 5.44. The number of rotatable bonds is 9. The number of unbranched alkanes of at least 4 members (excludes halogenated alkanes) is 1. The summed E-state index contributed by atoms with van der Waals surface area (Å²) in [4.78, 5) is 19.2. The number of benzene rings is 1. The van der Waals surface area contributed by atoms with Crippen LogP contribution in [-0.4, -0.2) is 31.6 Å². The number of amides is 1. The molecule has 1 aliphatic heterocycles. The van der Waals surface area contributed by atoms with E-state index in [2.05, 4.69) is 30.7 Å². The van der Waals surface area contributed by atoms with Gasteiger partial charge in [-0.15, -0.1) is 0 Å². The zero-order chi connectivity index (χ0) is 26.6. The number of nitrogens with one attached hydrogen (secondary N) is 1. The highest BCUT2D eigenvalue weighted by Gasteiger charge is 2.22. The van der Waals surface area contributed by atoms with E-state index in [1.54, 1.807) is 7.11 Å². The number of methoxy groups -OCH3 is 1. The number of carbonyl (C=O) groups excluding carboxylic acids is 1. The smallest absolute Gasteiger partial charge is 0.386 e. The van der Waals surface area contributed by atoms with Crippen LogP contribution in [0.25, 0.3) is 0 Å². The molecule has 1 aromatic rings. The van der Waals surface area contributed by atoms with Crippen molar-refractivity contribution in [2.24, 2.45) is 10.9 Å². The van der Waals surface area contributed by atoms with E-state index in [4.69, 9.17) is 4.74 Å². The number of halogens is 3. The number of alkyl halides is 3. The summed E-state index contributed by atoms with van der Waals surface area (Å²) in [5, 5.41) is 3.06. The molecule has 1 aliphatic rings. The van der Waals surface area contributed by atoms with E-state index in [-0.39, 0.29) is 18.7 Å².